The van der Waals surface area contributed by atoms with E-state index in [1.165, 1.54) is 0 Å². The SMILES string of the molecule is CCNC(=O)c1cc(-c2cc(Cl)c(C)cc2C)on1. The molecular weight excluding hydrogens is 264 g/mol. The van der Waals surface area contributed by atoms with Gasteiger partial charge in [-0.1, -0.05) is 22.8 Å². The normalized spacial score (nSPS) is 10.5. The Kier molecular flexibility index (Phi) is 3.90. The van der Waals surface area contributed by atoms with Crippen LogP contribution < -0.4 is 5.32 Å². The third-order valence-corrected chi connectivity index (χ3v) is 3.26. The van der Waals surface area contributed by atoms with Crippen molar-refractivity contribution in [2.24, 2.45) is 0 Å². The number of aryl methyl sites for hydroxylation is 2. The molecule has 5 heteroatoms. The van der Waals surface area contributed by atoms with Gasteiger partial charge in [0.05, 0.1) is 0 Å². The summed E-state index contributed by atoms with van der Waals surface area (Å²) in [7, 11) is 0. The first-order chi connectivity index (χ1) is 9.02. The molecule has 0 spiro atoms. The van der Waals surface area contributed by atoms with Crippen LogP contribution in [0.2, 0.25) is 5.02 Å². The number of nitrogens with zero attached hydrogens (tertiary/aromatic N) is 1. The molecule has 0 saturated carbocycles. The van der Waals surface area contributed by atoms with Crippen LogP contribution in [0.5, 0.6) is 0 Å². The first-order valence-electron chi connectivity index (χ1n) is 6.05. The van der Waals surface area contributed by atoms with Crippen LogP contribution in [0.25, 0.3) is 11.3 Å². The summed E-state index contributed by atoms with van der Waals surface area (Å²) in [5.74, 6) is 0.300. The second-order valence-corrected chi connectivity index (χ2v) is 4.76. The summed E-state index contributed by atoms with van der Waals surface area (Å²) in [6.07, 6.45) is 0. The molecule has 0 atom stereocenters. The summed E-state index contributed by atoms with van der Waals surface area (Å²) >= 11 is 6.11. The molecule has 1 aromatic carbocycles. The van der Waals surface area contributed by atoms with E-state index in [0.29, 0.717) is 17.3 Å². The quantitative estimate of drug-likeness (QED) is 0.936. The number of carbonyl (C=O) groups excluding carboxylic acids is 1. The lowest BCUT2D eigenvalue weighted by Gasteiger charge is -2.05. The number of benzene rings is 1. The average molecular weight is 279 g/mol. The minimum atomic E-state index is -0.242. The second kappa shape index (κ2) is 5.45. The molecule has 100 valence electrons. The highest BCUT2D eigenvalue weighted by Gasteiger charge is 2.15. The molecule has 0 fully saturated rings. The van der Waals surface area contributed by atoms with Crippen molar-refractivity contribution in [3.05, 3.63) is 40.0 Å². The average Bonchev–Trinajstić information content (AvgIpc) is 2.83. The van der Waals surface area contributed by atoms with E-state index in [2.05, 4.69) is 10.5 Å². The maximum absolute atomic E-state index is 11.6. The molecule has 0 radical (unpaired) electrons. The largest absolute Gasteiger partial charge is 0.355 e. The van der Waals surface area contributed by atoms with E-state index in [1.54, 1.807) is 6.07 Å². The maximum atomic E-state index is 11.6. The van der Waals surface area contributed by atoms with Gasteiger partial charge in [-0.05, 0) is 38.0 Å². The van der Waals surface area contributed by atoms with Crippen molar-refractivity contribution < 1.29 is 9.32 Å². The van der Waals surface area contributed by atoms with Crippen molar-refractivity contribution in [2.45, 2.75) is 20.8 Å². The molecule has 0 bridgehead atoms. The van der Waals surface area contributed by atoms with Crippen molar-refractivity contribution in [1.29, 1.82) is 0 Å². The number of nitrogens with one attached hydrogen (secondary N) is 1. The molecule has 4 nitrogen and oxygen atoms in total. The summed E-state index contributed by atoms with van der Waals surface area (Å²) in [5, 5.41) is 7.11. The highest BCUT2D eigenvalue weighted by molar-refractivity contribution is 6.31. The summed E-state index contributed by atoms with van der Waals surface area (Å²) in [6, 6.07) is 5.43. The Bertz CT molecular complexity index is 620. The zero-order chi connectivity index (χ0) is 14.0. The zero-order valence-corrected chi connectivity index (χ0v) is 11.8. The summed E-state index contributed by atoms with van der Waals surface area (Å²) in [5.41, 5.74) is 3.15. The van der Waals surface area contributed by atoms with Gasteiger partial charge in [0.1, 0.15) is 0 Å². The Morgan fingerprint density at radius 2 is 2.05 bits per heavy atom. The highest BCUT2D eigenvalue weighted by Crippen LogP contribution is 2.29. The van der Waals surface area contributed by atoms with E-state index in [0.717, 1.165) is 16.7 Å². The van der Waals surface area contributed by atoms with Gasteiger partial charge in [0.2, 0.25) is 0 Å². The van der Waals surface area contributed by atoms with Gasteiger partial charge in [-0.3, -0.25) is 4.79 Å². The summed E-state index contributed by atoms with van der Waals surface area (Å²) in [4.78, 5) is 11.6. The standard InChI is InChI=1S/C14H15ClN2O2/c1-4-16-14(18)12-7-13(19-17-12)10-6-11(15)9(3)5-8(10)2/h5-7H,4H2,1-3H3,(H,16,18). The maximum Gasteiger partial charge on any atom is 0.273 e. The Balaban J connectivity index is 2.38. The number of halogens is 1. The highest BCUT2D eigenvalue weighted by atomic mass is 35.5. The molecule has 19 heavy (non-hydrogen) atoms. The molecular formula is C14H15ClN2O2. The fourth-order valence-corrected chi connectivity index (χ4v) is 2.02. The number of rotatable bonds is 3. The number of hydrogen-bond donors (Lipinski definition) is 1. The molecule has 0 saturated heterocycles. The fourth-order valence-electron chi connectivity index (χ4n) is 1.85. The Morgan fingerprint density at radius 3 is 2.74 bits per heavy atom. The van der Waals surface area contributed by atoms with Gasteiger partial charge in [-0.2, -0.15) is 0 Å². The predicted molar refractivity (Wildman–Crippen MR) is 74.4 cm³/mol. The predicted octanol–water partition coefficient (Wildman–Crippen LogP) is 3.36. The molecule has 2 aromatic rings. The van der Waals surface area contributed by atoms with Gasteiger partial charge in [-0.15, -0.1) is 0 Å². The van der Waals surface area contributed by atoms with Crippen LogP contribution in [-0.4, -0.2) is 17.6 Å². The van der Waals surface area contributed by atoms with Crippen LogP contribution in [0.15, 0.2) is 22.7 Å². The minimum absolute atomic E-state index is 0.242. The summed E-state index contributed by atoms with van der Waals surface area (Å²) < 4.78 is 5.22. The lowest BCUT2D eigenvalue weighted by molar-refractivity contribution is 0.0947. The van der Waals surface area contributed by atoms with Gasteiger partial charge in [-0.25, -0.2) is 0 Å². The Labute approximate surface area is 116 Å². The first kappa shape index (κ1) is 13.6. The molecule has 1 N–H and O–H groups in total. The van der Waals surface area contributed by atoms with E-state index < -0.39 is 0 Å². The van der Waals surface area contributed by atoms with E-state index >= 15 is 0 Å². The molecule has 0 unspecified atom stereocenters. The number of carbonyl (C=O) groups is 1. The molecule has 1 amide bonds. The molecule has 0 aliphatic rings. The molecule has 0 aliphatic carbocycles. The monoisotopic (exact) mass is 278 g/mol. The van der Waals surface area contributed by atoms with Crippen molar-refractivity contribution >= 4 is 17.5 Å². The van der Waals surface area contributed by atoms with Gasteiger partial charge in [0, 0.05) is 23.2 Å². The lowest BCUT2D eigenvalue weighted by atomic mass is 10.0. The molecule has 1 aromatic heterocycles. The van der Waals surface area contributed by atoms with E-state index in [-0.39, 0.29) is 11.6 Å². The molecule has 2 rings (SSSR count). The van der Waals surface area contributed by atoms with Crippen LogP contribution in [0.3, 0.4) is 0 Å². The number of hydrogen-bond acceptors (Lipinski definition) is 3. The van der Waals surface area contributed by atoms with Crippen LogP contribution >= 0.6 is 11.6 Å². The van der Waals surface area contributed by atoms with Crippen LogP contribution in [0, 0.1) is 13.8 Å². The summed E-state index contributed by atoms with van der Waals surface area (Å²) in [6.45, 7) is 6.31. The smallest absolute Gasteiger partial charge is 0.273 e. The number of aromatic nitrogens is 1. The minimum Gasteiger partial charge on any atom is -0.355 e. The first-order valence-corrected chi connectivity index (χ1v) is 6.42. The fraction of sp³-hybridized carbons (Fsp3) is 0.286. The van der Waals surface area contributed by atoms with E-state index in [9.17, 15) is 4.79 Å². The Hall–Kier alpha value is -1.81. The van der Waals surface area contributed by atoms with Gasteiger partial charge < -0.3 is 9.84 Å². The van der Waals surface area contributed by atoms with Crippen molar-refractivity contribution in [2.75, 3.05) is 6.54 Å². The molecule has 1 heterocycles. The second-order valence-electron chi connectivity index (χ2n) is 4.35. The van der Waals surface area contributed by atoms with E-state index in [4.69, 9.17) is 16.1 Å². The van der Waals surface area contributed by atoms with Gasteiger partial charge in [0.15, 0.2) is 11.5 Å². The van der Waals surface area contributed by atoms with Crippen molar-refractivity contribution in [1.82, 2.24) is 10.5 Å². The Morgan fingerprint density at radius 1 is 1.32 bits per heavy atom. The molecule has 0 aliphatic heterocycles. The van der Waals surface area contributed by atoms with Crippen LogP contribution in [0.4, 0.5) is 0 Å². The van der Waals surface area contributed by atoms with Crippen LogP contribution in [-0.2, 0) is 0 Å². The van der Waals surface area contributed by atoms with Crippen LogP contribution in [0.1, 0.15) is 28.5 Å². The zero-order valence-electron chi connectivity index (χ0n) is 11.1. The third-order valence-electron chi connectivity index (χ3n) is 2.85. The van der Waals surface area contributed by atoms with Gasteiger partial charge in [0.25, 0.3) is 5.91 Å². The number of amides is 1. The van der Waals surface area contributed by atoms with Crippen molar-refractivity contribution in [3.8, 4) is 11.3 Å². The third kappa shape index (κ3) is 2.79. The van der Waals surface area contributed by atoms with E-state index in [1.807, 2.05) is 32.9 Å². The van der Waals surface area contributed by atoms with Gasteiger partial charge >= 0.3 is 0 Å². The van der Waals surface area contributed by atoms with Crippen molar-refractivity contribution in [3.63, 3.8) is 0 Å². The topological polar surface area (TPSA) is 55.1 Å². The lowest BCUT2D eigenvalue weighted by Crippen LogP contribution is -2.22.